The van der Waals surface area contributed by atoms with Gasteiger partial charge in [-0.3, -0.25) is 9.78 Å². The van der Waals surface area contributed by atoms with Gasteiger partial charge in [-0.1, -0.05) is 6.07 Å². The molecule has 1 amide bonds. The summed E-state index contributed by atoms with van der Waals surface area (Å²) in [5.74, 6) is 1.30. The van der Waals surface area contributed by atoms with Gasteiger partial charge in [0.05, 0.1) is 20.3 Å². The topological polar surface area (TPSA) is 67.5 Å². The molecule has 1 saturated heterocycles. The van der Waals surface area contributed by atoms with Crippen LogP contribution in [0.1, 0.15) is 41.4 Å². The lowest BCUT2D eigenvalue weighted by Gasteiger charge is -2.35. The Morgan fingerprint density at radius 3 is 2.74 bits per heavy atom. The standard InChI is InChI=1S/C21H23N3O3/c1-26-19-11-15-10-17(23-16(15)12-20(19)27-2)21(25)24-9-4-3-7-18(24)14-6-5-8-22-13-14/h5-6,8,10-13,18,23H,3-4,7,9H2,1-2H3/t18-/m1/s1. The lowest BCUT2D eigenvalue weighted by atomic mass is 9.96. The Bertz CT molecular complexity index is 911. The summed E-state index contributed by atoms with van der Waals surface area (Å²) in [6, 6.07) is 9.67. The van der Waals surface area contributed by atoms with Crippen molar-refractivity contribution in [1.29, 1.82) is 0 Å². The zero-order valence-corrected chi connectivity index (χ0v) is 15.6. The van der Waals surface area contributed by atoms with Crippen molar-refractivity contribution in [3.63, 3.8) is 0 Å². The van der Waals surface area contributed by atoms with Gasteiger partial charge in [-0.2, -0.15) is 0 Å². The minimum atomic E-state index is 0.0117. The molecule has 0 aliphatic carbocycles. The number of hydrogen-bond donors (Lipinski definition) is 1. The molecule has 3 aromatic rings. The van der Waals surface area contributed by atoms with Gasteiger partial charge in [-0.15, -0.1) is 0 Å². The van der Waals surface area contributed by atoms with Crippen LogP contribution in [0.15, 0.2) is 42.7 Å². The number of pyridine rings is 1. The van der Waals surface area contributed by atoms with Crippen LogP contribution in [0.25, 0.3) is 10.9 Å². The van der Waals surface area contributed by atoms with Crippen LogP contribution in [-0.2, 0) is 0 Å². The van der Waals surface area contributed by atoms with Gasteiger partial charge < -0.3 is 19.4 Å². The second kappa shape index (κ2) is 7.31. The maximum Gasteiger partial charge on any atom is 0.270 e. The molecule has 27 heavy (non-hydrogen) atoms. The molecule has 1 aliphatic heterocycles. The van der Waals surface area contributed by atoms with Gasteiger partial charge >= 0.3 is 0 Å². The number of hydrogen-bond acceptors (Lipinski definition) is 4. The van der Waals surface area contributed by atoms with Crippen molar-refractivity contribution in [1.82, 2.24) is 14.9 Å². The molecule has 0 saturated carbocycles. The minimum absolute atomic E-state index is 0.0117. The first-order valence-corrected chi connectivity index (χ1v) is 9.17. The molecule has 4 rings (SSSR count). The van der Waals surface area contributed by atoms with E-state index in [1.54, 1.807) is 20.4 Å². The summed E-state index contributed by atoms with van der Waals surface area (Å²) < 4.78 is 10.7. The van der Waals surface area contributed by atoms with Crippen molar-refractivity contribution in [3.8, 4) is 11.5 Å². The number of aromatic nitrogens is 2. The molecule has 1 aliphatic rings. The smallest absolute Gasteiger partial charge is 0.270 e. The second-order valence-corrected chi connectivity index (χ2v) is 6.77. The van der Waals surface area contributed by atoms with Crippen LogP contribution in [0.3, 0.4) is 0 Å². The molecule has 1 fully saturated rings. The molecule has 140 valence electrons. The number of amides is 1. The monoisotopic (exact) mass is 365 g/mol. The molecule has 6 heteroatoms. The number of ether oxygens (including phenoxy) is 2. The van der Waals surface area contributed by atoms with Crippen LogP contribution < -0.4 is 9.47 Å². The number of benzene rings is 1. The van der Waals surface area contributed by atoms with Crippen molar-refractivity contribution in [3.05, 3.63) is 54.0 Å². The highest BCUT2D eigenvalue weighted by molar-refractivity contribution is 5.99. The number of carbonyl (C=O) groups is 1. The van der Waals surface area contributed by atoms with E-state index >= 15 is 0 Å². The Morgan fingerprint density at radius 1 is 1.19 bits per heavy atom. The molecular formula is C21H23N3O3. The molecule has 1 aromatic carbocycles. The van der Waals surface area contributed by atoms with E-state index in [1.807, 2.05) is 41.4 Å². The van der Waals surface area contributed by atoms with Gasteiger partial charge in [-0.25, -0.2) is 0 Å². The minimum Gasteiger partial charge on any atom is -0.493 e. The Labute approximate surface area is 158 Å². The summed E-state index contributed by atoms with van der Waals surface area (Å²) in [5, 5.41) is 0.922. The normalized spacial score (nSPS) is 17.1. The number of methoxy groups -OCH3 is 2. The highest BCUT2D eigenvalue weighted by Gasteiger charge is 2.29. The van der Waals surface area contributed by atoms with Crippen LogP contribution in [0, 0.1) is 0 Å². The van der Waals surface area contributed by atoms with Crippen molar-refractivity contribution in [2.45, 2.75) is 25.3 Å². The fourth-order valence-corrected chi connectivity index (χ4v) is 3.82. The molecule has 0 bridgehead atoms. The average molecular weight is 365 g/mol. The van der Waals surface area contributed by atoms with E-state index in [-0.39, 0.29) is 11.9 Å². The third kappa shape index (κ3) is 3.23. The third-order valence-corrected chi connectivity index (χ3v) is 5.19. The molecule has 0 spiro atoms. The second-order valence-electron chi connectivity index (χ2n) is 6.77. The number of aromatic amines is 1. The van der Waals surface area contributed by atoms with E-state index in [2.05, 4.69) is 9.97 Å². The largest absolute Gasteiger partial charge is 0.493 e. The fourth-order valence-electron chi connectivity index (χ4n) is 3.82. The van der Waals surface area contributed by atoms with Crippen LogP contribution >= 0.6 is 0 Å². The summed E-state index contributed by atoms with van der Waals surface area (Å²) in [4.78, 5) is 22.7. The zero-order chi connectivity index (χ0) is 18.8. The Morgan fingerprint density at radius 2 is 2.00 bits per heavy atom. The highest BCUT2D eigenvalue weighted by Crippen LogP contribution is 2.34. The third-order valence-electron chi connectivity index (χ3n) is 5.19. The van der Waals surface area contributed by atoms with Crippen molar-refractivity contribution in [2.75, 3.05) is 20.8 Å². The van der Waals surface area contributed by atoms with Crippen molar-refractivity contribution >= 4 is 16.8 Å². The summed E-state index contributed by atoms with van der Waals surface area (Å²) >= 11 is 0. The number of likely N-dealkylation sites (tertiary alicyclic amines) is 1. The molecule has 1 N–H and O–H groups in total. The van der Waals surface area contributed by atoms with E-state index in [1.165, 1.54) is 0 Å². The van der Waals surface area contributed by atoms with Gasteiger partial charge in [0, 0.05) is 35.9 Å². The molecule has 6 nitrogen and oxygen atoms in total. The van der Waals surface area contributed by atoms with Gasteiger partial charge in [0.2, 0.25) is 0 Å². The zero-order valence-electron chi connectivity index (χ0n) is 15.6. The SMILES string of the molecule is COc1cc2cc(C(=O)N3CCCC[C@@H]3c3cccnc3)[nH]c2cc1OC. The molecular weight excluding hydrogens is 342 g/mol. The number of carbonyl (C=O) groups excluding carboxylic acids is 1. The van der Waals surface area contributed by atoms with Crippen molar-refractivity contribution in [2.24, 2.45) is 0 Å². The van der Waals surface area contributed by atoms with Crippen molar-refractivity contribution < 1.29 is 14.3 Å². The number of nitrogens with one attached hydrogen (secondary N) is 1. The molecule has 0 unspecified atom stereocenters. The van der Waals surface area contributed by atoms with Gasteiger partial charge in [0.15, 0.2) is 11.5 Å². The lowest BCUT2D eigenvalue weighted by Crippen LogP contribution is -2.38. The molecule has 0 radical (unpaired) electrons. The Balaban J connectivity index is 1.68. The quantitative estimate of drug-likeness (QED) is 0.760. The summed E-state index contributed by atoms with van der Waals surface area (Å²) in [5.41, 5.74) is 2.52. The maximum absolute atomic E-state index is 13.3. The fraction of sp³-hybridized carbons (Fsp3) is 0.333. The van der Waals surface area contributed by atoms with E-state index in [0.717, 1.165) is 42.3 Å². The predicted molar refractivity (Wildman–Crippen MR) is 103 cm³/mol. The van der Waals surface area contributed by atoms with Crippen LogP contribution in [0.5, 0.6) is 11.5 Å². The van der Waals surface area contributed by atoms with E-state index in [9.17, 15) is 4.79 Å². The first-order valence-electron chi connectivity index (χ1n) is 9.17. The van der Waals surface area contributed by atoms with Crippen LogP contribution in [-0.4, -0.2) is 41.5 Å². The summed E-state index contributed by atoms with van der Waals surface area (Å²) in [6.07, 6.45) is 6.71. The summed E-state index contributed by atoms with van der Waals surface area (Å²) in [7, 11) is 3.21. The number of rotatable bonds is 4. The lowest BCUT2D eigenvalue weighted by molar-refractivity contribution is 0.0606. The Hall–Kier alpha value is -3.02. The first kappa shape index (κ1) is 17.4. The van der Waals surface area contributed by atoms with E-state index in [0.29, 0.717) is 17.2 Å². The first-order chi connectivity index (χ1) is 13.2. The van der Waals surface area contributed by atoms with Gasteiger partial charge in [0.1, 0.15) is 5.69 Å². The van der Waals surface area contributed by atoms with Gasteiger partial charge in [0.25, 0.3) is 5.91 Å². The molecule has 1 atom stereocenters. The van der Waals surface area contributed by atoms with Crippen LogP contribution in [0.2, 0.25) is 0 Å². The summed E-state index contributed by atoms with van der Waals surface area (Å²) in [6.45, 7) is 0.750. The van der Waals surface area contributed by atoms with Gasteiger partial charge in [-0.05, 0) is 43.0 Å². The predicted octanol–water partition coefficient (Wildman–Crippen LogP) is 3.95. The van der Waals surface area contributed by atoms with Crippen LogP contribution in [0.4, 0.5) is 0 Å². The molecule has 2 aromatic heterocycles. The number of fused-ring (bicyclic) bond motifs is 1. The molecule has 3 heterocycles. The Kier molecular flexibility index (Phi) is 4.71. The number of nitrogens with zero attached hydrogens (tertiary/aromatic N) is 2. The van der Waals surface area contributed by atoms with E-state index < -0.39 is 0 Å². The maximum atomic E-state index is 13.3. The average Bonchev–Trinajstić information content (AvgIpc) is 3.15. The van der Waals surface area contributed by atoms with E-state index in [4.69, 9.17) is 9.47 Å². The highest BCUT2D eigenvalue weighted by atomic mass is 16.5. The number of H-pyrrole nitrogens is 1. The number of piperidine rings is 1.